The van der Waals surface area contributed by atoms with E-state index in [4.69, 9.17) is 16.1 Å². The Bertz CT molecular complexity index is 1060. The van der Waals surface area contributed by atoms with Crippen LogP contribution in [0, 0.1) is 6.92 Å². The summed E-state index contributed by atoms with van der Waals surface area (Å²) in [4.78, 5) is 17.2. The number of hydrogen-bond donors (Lipinski definition) is 1. The Kier molecular flexibility index (Phi) is 6.89. The van der Waals surface area contributed by atoms with E-state index in [0.29, 0.717) is 29.4 Å². The molecule has 162 valence electrons. The van der Waals surface area contributed by atoms with E-state index in [1.54, 1.807) is 0 Å². The molecule has 0 spiro atoms. The van der Waals surface area contributed by atoms with E-state index in [-0.39, 0.29) is 0 Å². The van der Waals surface area contributed by atoms with Crippen molar-refractivity contribution in [2.45, 2.75) is 13.3 Å². The Labute approximate surface area is 187 Å². The summed E-state index contributed by atoms with van der Waals surface area (Å²) < 4.78 is 4.98. The van der Waals surface area contributed by atoms with Gasteiger partial charge in [-0.25, -0.2) is 4.79 Å². The van der Waals surface area contributed by atoms with Crippen molar-refractivity contribution in [1.82, 2.24) is 10.1 Å². The molecule has 1 N–H and O–H groups in total. The van der Waals surface area contributed by atoms with Gasteiger partial charge in [0, 0.05) is 62.0 Å². The largest absolute Gasteiger partial charge is 0.381 e. The number of nitrogens with zero attached hydrogens (tertiary/aromatic N) is 3. The molecular weight excluding hydrogens is 412 g/mol. The number of anilines is 2. The smallest absolute Gasteiger partial charge is 0.378 e. The van der Waals surface area contributed by atoms with Gasteiger partial charge in [-0.15, -0.1) is 0 Å². The van der Waals surface area contributed by atoms with Crippen molar-refractivity contribution in [3.63, 3.8) is 0 Å². The van der Waals surface area contributed by atoms with E-state index >= 15 is 0 Å². The fourth-order valence-corrected chi connectivity index (χ4v) is 4.15. The molecule has 1 aliphatic rings. The number of nitrogens with one attached hydrogen (secondary N) is 1. The van der Waals surface area contributed by atoms with Crippen LogP contribution in [0.15, 0.2) is 63.9 Å². The summed E-state index contributed by atoms with van der Waals surface area (Å²) in [6.45, 7) is 7.35. The van der Waals surface area contributed by atoms with Gasteiger partial charge in [0.1, 0.15) is 5.69 Å². The van der Waals surface area contributed by atoms with Crippen LogP contribution < -0.4 is 15.8 Å². The average molecular weight is 439 g/mol. The van der Waals surface area contributed by atoms with Crippen LogP contribution in [-0.4, -0.2) is 49.3 Å². The number of rotatable bonds is 7. The van der Waals surface area contributed by atoms with Gasteiger partial charge >= 0.3 is 5.63 Å². The molecule has 1 saturated heterocycles. The van der Waals surface area contributed by atoms with E-state index < -0.39 is 5.63 Å². The molecule has 2 aromatic carbocycles. The van der Waals surface area contributed by atoms with Crippen LogP contribution in [0.5, 0.6) is 0 Å². The van der Waals surface area contributed by atoms with Gasteiger partial charge < -0.3 is 14.7 Å². The average Bonchev–Trinajstić information content (AvgIpc) is 2.80. The van der Waals surface area contributed by atoms with Crippen LogP contribution in [-0.2, 0) is 6.42 Å². The van der Waals surface area contributed by atoms with Crippen LogP contribution in [0.4, 0.5) is 11.4 Å². The summed E-state index contributed by atoms with van der Waals surface area (Å²) in [5.74, 6) is 0. The molecule has 0 saturated carbocycles. The lowest BCUT2D eigenvalue weighted by atomic mass is 10.0. The fourth-order valence-electron chi connectivity index (χ4n) is 3.95. The third-order valence-electron chi connectivity index (χ3n) is 5.76. The number of para-hydroxylation sites is 1. The minimum absolute atomic E-state index is 0.443. The molecule has 0 bridgehead atoms. The van der Waals surface area contributed by atoms with Crippen molar-refractivity contribution < 1.29 is 4.52 Å². The Balaban J connectivity index is 1.36. The Morgan fingerprint density at radius 1 is 1.03 bits per heavy atom. The standard InChI is InChI=1S/C24H27ClN4O2/c1-18-21(17-19-7-5-6-10-22(19)25)23(24(30)31-27-18)26-11-12-28-13-15-29(16-14-28)20-8-3-2-4-9-20/h2-10,26H,11-17H2,1H3. The zero-order chi connectivity index (χ0) is 21.6. The van der Waals surface area contributed by atoms with Crippen LogP contribution in [0.1, 0.15) is 16.8 Å². The second-order valence-corrected chi connectivity index (χ2v) is 8.18. The Morgan fingerprint density at radius 2 is 1.74 bits per heavy atom. The van der Waals surface area contributed by atoms with Crippen molar-refractivity contribution in [3.8, 4) is 0 Å². The van der Waals surface area contributed by atoms with E-state index in [1.165, 1.54) is 5.69 Å². The SMILES string of the molecule is Cc1noc(=O)c(NCCN2CCN(c3ccccc3)CC2)c1Cc1ccccc1Cl. The molecule has 1 fully saturated rings. The quantitative estimate of drug-likeness (QED) is 0.605. The fraction of sp³-hybridized carbons (Fsp3) is 0.333. The summed E-state index contributed by atoms with van der Waals surface area (Å²) >= 11 is 6.33. The van der Waals surface area contributed by atoms with Gasteiger partial charge in [0.2, 0.25) is 0 Å². The van der Waals surface area contributed by atoms with Gasteiger partial charge in [0.15, 0.2) is 0 Å². The molecule has 0 atom stereocenters. The number of aryl methyl sites for hydroxylation is 1. The highest BCUT2D eigenvalue weighted by Gasteiger charge is 2.18. The summed E-state index contributed by atoms with van der Waals surface area (Å²) in [6.07, 6.45) is 0.530. The highest BCUT2D eigenvalue weighted by Crippen LogP contribution is 2.23. The van der Waals surface area contributed by atoms with Gasteiger partial charge in [-0.1, -0.05) is 53.2 Å². The van der Waals surface area contributed by atoms with E-state index in [1.807, 2.05) is 37.3 Å². The van der Waals surface area contributed by atoms with Gasteiger partial charge in [0.05, 0.1) is 5.69 Å². The lowest BCUT2D eigenvalue weighted by Gasteiger charge is -2.36. The van der Waals surface area contributed by atoms with Crippen LogP contribution >= 0.6 is 11.6 Å². The molecule has 1 aliphatic heterocycles. The van der Waals surface area contributed by atoms with Gasteiger partial charge in [-0.3, -0.25) is 4.90 Å². The predicted molar refractivity (Wildman–Crippen MR) is 125 cm³/mol. The van der Waals surface area contributed by atoms with Crippen molar-refractivity contribution in [1.29, 1.82) is 0 Å². The second kappa shape index (κ2) is 9.98. The highest BCUT2D eigenvalue weighted by molar-refractivity contribution is 6.31. The maximum Gasteiger partial charge on any atom is 0.381 e. The molecule has 0 radical (unpaired) electrons. The second-order valence-electron chi connectivity index (χ2n) is 7.77. The zero-order valence-electron chi connectivity index (χ0n) is 17.7. The number of benzene rings is 2. The molecule has 31 heavy (non-hydrogen) atoms. The molecule has 7 heteroatoms. The molecule has 6 nitrogen and oxygen atoms in total. The number of piperazine rings is 1. The summed E-state index contributed by atoms with van der Waals surface area (Å²) in [6, 6.07) is 18.2. The monoisotopic (exact) mass is 438 g/mol. The predicted octanol–water partition coefficient (Wildman–Crippen LogP) is 3.82. The molecule has 1 aromatic heterocycles. The normalized spacial score (nSPS) is 14.6. The Hall–Kier alpha value is -2.83. The van der Waals surface area contributed by atoms with Crippen molar-refractivity contribution in [2.24, 2.45) is 0 Å². The summed E-state index contributed by atoms with van der Waals surface area (Å²) in [5, 5.41) is 7.90. The zero-order valence-corrected chi connectivity index (χ0v) is 18.4. The van der Waals surface area contributed by atoms with Crippen molar-refractivity contribution >= 4 is 23.0 Å². The first-order chi connectivity index (χ1) is 15.1. The Morgan fingerprint density at radius 3 is 2.48 bits per heavy atom. The lowest BCUT2D eigenvalue weighted by molar-refractivity contribution is 0.267. The molecular formula is C24H27ClN4O2. The van der Waals surface area contributed by atoms with Crippen LogP contribution in [0.25, 0.3) is 0 Å². The molecule has 0 aliphatic carbocycles. The van der Waals surface area contributed by atoms with E-state index in [9.17, 15) is 4.79 Å². The van der Waals surface area contributed by atoms with E-state index in [0.717, 1.165) is 43.9 Å². The molecule has 3 aromatic rings. The highest BCUT2D eigenvalue weighted by atomic mass is 35.5. The minimum atomic E-state index is -0.443. The van der Waals surface area contributed by atoms with Gasteiger partial charge in [0.25, 0.3) is 0 Å². The lowest BCUT2D eigenvalue weighted by Crippen LogP contribution is -2.47. The van der Waals surface area contributed by atoms with Crippen molar-refractivity contribution in [3.05, 3.63) is 86.9 Å². The van der Waals surface area contributed by atoms with E-state index in [2.05, 4.69) is 44.5 Å². The van der Waals surface area contributed by atoms with Crippen LogP contribution in [0.2, 0.25) is 5.02 Å². The van der Waals surface area contributed by atoms with Crippen LogP contribution in [0.3, 0.4) is 0 Å². The third-order valence-corrected chi connectivity index (χ3v) is 6.13. The minimum Gasteiger partial charge on any atom is -0.378 e. The molecule has 0 amide bonds. The third kappa shape index (κ3) is 5.27. The number of aromatic nitrogens is 1. The number of halogens is 1. The first kappa shape index (κ1) is 21.4. The molecule has 0 unspecified atom stereocenters. The summed E-state index contributed by atoms with van der Waals surface area (Å²) in [5.41, 5.74) is 3.79. The maximum absolute atomic E-state index is 12.4. The van der Waals surface area contributed by atoms with Gasteiger partial charge in [-0.2, -0.15) is 0 Å². The maximum atomic E-state index is 12.4. The summed E-state index contributed by atoms with van der Waals surface area (Å²) in [7, 11) is 0. The number of hydrogen-bond acceptors (Lipinski definition) is 6. The first-order valence-corrected chi connectivity index (χ1v) is 11.0. The van der Waals surface area contributed by atoms with Gasteiger partial charge in [-0.05, 0) is 30.7 Å². The topological polar surface area (TPSA) is 61.6 Å². The molecule has 2 heterocycles. The van der Waals surface area contributed by atoms with Crippen molar-refractivity contribution in [2.75, 3.05) is 49.5 Å². The molecule has 4 rings (SSSR count). The first-order valence-electron chi connectivity index (χ1n) is 10.6.